The number of hydrogen-bond donors (Lipinski definition) is 2. The number of anilines is 1. The van der Waals surface area contributed by atoms with Gasteiger partial charge in [-0.05, 0) is 31.2 Å². The summed E-state index contributed by atoms with van der Waals surface area (Å²) in [5.74, 6) is 0.542. The van der Waals surface area contributed by atoms with Crippen molar-refractivity contribution >= 4 is 16.9 Å². The molecule has 122 valence electrons. The molecule has 2 aromatic carbocycles. The molecule has 0 amide bonds. The summed E-state index contributed by atoms with van der Waals surface area (Å²) >= 11 is 0. The van der Waals surface area contributed by atoms with Crippen LogP contribution in [-0.4, -0.2) is 34.5 Å². The maximum atomic E-state index is 12.2. The van der Waals surface area contributed by atoms with Crippen LogP contribution in [0.15, 0.2) is 59.4 Å². The maximum absolute atomic E-state index is 12.2. The number of likely N-dealkylation sites (tertiary alicyclic amines) is 1. The molecule has 2 atom stereocenters. The van der Waals surface area contributed by atoms with E-state index < -0.39 is 0 Å². The van der Waals surface area contributed by atoms with E-state index in [0.29, 0.717) is 16.9 Å². The lowest BCUT2D eigenvalue weighted by Crippen LogP contribution is -2.30. The number of likely N-dealkylation sites (N-methyl/N-ethyl adjacent to an activating group) is 1. The molecule has 0 aliphatic carbocycles. The van der Waals surface area contributed by atoms with E-state index in [1.807, 2.05) is 24.3 Å². The molecular formula is C19H20N4O. The Hall–Kier alpha value is -2.66. The average molecular weight is 320 g/mol. The van der Waals surface area contributed by atoms with Crippen LogP contribution in [0.2, 0.25) is 0 Å². The topological polar surface area (TPSA) is 61.0 Å². The van der Waals surface area contributed by atoms with Crippen molar-refractivity contribution in [1.82, 2.24) is 14.9 Å². The van der Waals surface area contributed by atoms with Crippen LogP contribution in [0.5, 0.6) is 0 Å². The van der Waals surface area contributed by atoms with Gasteiger partial charge in [-0.15, -0.1) is 0 Å². The molecule has 3 aromatic rings. The van der Waals surface area contributed by atoms with Crippen LogP contribution in [0.1, 0.15) is 18.0 Å². The van der Waals surface area contributed by atoms with E-state index in [9.17, 15) is 4.79 Å². The van der Waals surface area contributed by atoms with E-state index in [4.69, 9.17) is 0 Å². The zero-order valence-corrected chi connectivity index (χ0v) is 13.6. The monoisotopic (exact) mass is 320 g/mol. The van der Waals surface area contributed by atoms with Crippen LogP contribution in [0.25, 0.3) is 10.9 Å². The van der Waals surface area contributed by atoms with E-state index in [1.54, 1.807) is 6.07 Å². The number of aromatic nitrogens is 2. The van der Waals surface area contributed by atoms with E-state index in [-0.39, 0.29) is 17.6 Å². The molecule has 2 N–H and O–H groups in total. The predicted molar refractivity (Wildman–Crippen MR) is 96.2 cm³/mol. The summed E-state index contributed by atoms with van der Waals surface area (Å²) < 4.78 is 0. The number of benzene rings is 2. The van der Waals surface area contributed by atoms with Gasteiger partial charge in [-0.2, -0.15) is 0 Å². The summed E-state index contributed by atoms with van der Waals surface area (Å²) in [6, 6.07) is 18.3. The number of aromatic amines is 1. The molecule has 1 saturated heterocycles. The van der Waals surface area contributed by atoms with E-state index in [1.165, 1.54) is 5.56 Å². The Balaban J connectivity index is 1.66. The van der Waals surface area contributed by atoms with Gasteiger partial charge in [-0.25, -0.2) is 4.98 Å². The quantitative estimate of drug-likeness (QED) is 0.779. The van der Waals surface area contributed by atoms with Crippen LogP contribution in [0.4, 0.5) is 5.95 Å². The van der Waals surface area contributed by atoms with E-state index in [2.05, 4.69) is 51.5 Å². The first-order chi connectivity index (χ1) is 11.7. The van der Waals surface area contributed by atoms with Crippen molar-refractivity contribution in [2.75, 3.05) is 18.9 Å². The summed E-state index contributed by atoms with van der Waals surface area (Å²) in [5.41, 5.74) is 1.88. The molecule has 1 fully saturated rings. The average Bonchev–Trinajstić information content (AvgIpc) is 2.96. The van der Waals surface area contributed by atoms with Gasteiger partial charge in [0.05, 0.1) is 16.9 Å². The number of rotatable bonds is 3. The third-order valence-corrected chi connectivity index (χ3v) is 4.72. The van der Waals surface area contributed by atoms with E-state index in [0.717, 1.165) is 13.0 Å². The minimum atomic E-state index is -0.106. The second kappa shape index (κ2) is 6.09. The molecule has 2 heterocycles. The Labute approximate surface area is 140 Å². The van der Waals surface area contributed by atoms with Gasteiger partial charge in [-0.3, -0.25) is 14.7 Å². The number of para-hydroxylation sites is 1. The summed E-state index contributed by atoms with van der Waals surface area (Å²) in [4.78, 5) is 22.0. The molecule has 0 spiro atoms. The van der Waals surface area contributed by atoms with Crippen LogP contribution < -0.4 is 10.9 Å². The first kappa shape index (κ1) is 14.9. The molecule has 0 radical (unpaired) electrons. The van der Waals surface area contributed by atoms with E-state index >= 15 is 0 Å². The molecular weight excluding hydrogens is 300 g/mol. The standard InChI is InChI=1S/C19H20N4O/c1-23-12-11-16(17(23)13-7-3-2-4-8-13)21-19-20-15-10-6-5-9-14(15)18(24)22-19/h2-10,16-17H,11-12H2,1H3,(H2,20,21,22,24). The Morgan fingerprint density at radius 1 is 1.12 bits per heavy atom. The van der Waals surface area contributed by atoms with Gasteiger partial charge in [-0.1, -0.05) is 42.5 Å². The van der Waals surface area contributed by atoms with Gasteiger partial charge in [0.25, 0.3) is 5.56 Å². The predicted octanol–water partition coefficient (Wildman–Crippen LogP) is 2.78. The summed E-state index contributed by atoms with van der Waals surface area (Å²) in [6.45, 7) is 1.01. The second-order valence-electron chi connectivity index (χ2n) is 6.31. The summed E-state index contributed by atoms with van der Waals surface area (Å²) in [7, 11) is 2.13. The summed E-state index contributed by atoms with van der Waals surface area (Å²) in [5, 5.41) is 4.06. The molecule has 1 aliphatic rings. The largest absolute Gasteiger partial charge is 0.351 e. The van der Waals surface area contributed by atoms with Crippen molar-refractivity contribution in [1.29, 1.82) is 0 Å². The normalized spacial score (nSPS) is 21.2. The Morgan fingerprint density at radius 2 is 1.88 bits per heavy atom. The molecule has 0 bridgehead atoms. The van der Waals surface area contributed by atoms with Crippen molar-refractivity contribution in [3.8, 4) is 0 Å². The second-order valence-corrected chi connectivity index (χ2v) is 6.31. The van der Waals surface area contributed by atoms with Gasteiger partial charge in [0.15, 0.2) is 0 Å². The fourth-order valence-electron chi connectivity index (χ4n) is 3.57. The highest BCUT2D eigenvalue weighted by molar-refractivity contribution is 5.78. The number of nitrogens with zero attached hydrogens (tertiary/aromatic N) is 2. The number of H-pyrrole nitrogens is 1. The smallest absolute Gasteiger partial charge is 0.260 e. The van der Waals surface area contributed by atoms with Crippen molar-refractivity contribution in [3.63, 3.8) is 0 Å². The Kier molecular flexibility index (Phi) is 3.78. The van der Waals surface area contributed by atoms with Crippen molar-refractivity contribution in [2.45, 2.75) is 18.5 Å². The molecule has 5 heteroatoms. The fourth-order valence-corrected chi connectivity index (χ4v) is 3.57. The molecule has 1 aromatic heterocycles. The lowest BCUT2D eigenvalue weighted by atomic mass is 10.0. The number of hydrogen-bond acceptors (Lipinski definition) is 4. The SMILES string of the molecule is CN1CCC(Nc2nc3ccccc3c(=O)[nH]2)C1c1ccccc1. The van der Waals surface area contributed by atoms with Gasteiger partial charge < -0.3 is 5.32 Å². The first-order valence-electron chi connectivity index (χ1n) is 8.23. The molecule has 5 nitrogen and oxygen atoms in total. The number of fused-ring (bicyclic) bond motifs is 1. The summed E-state index contributed by atoms with van der Waals surface area (Å²) in [6.07, 6.45) is 1.01. The van der Waals surface area contributed by atoms with Crippen LogP contribution in [0.3, 0.4) is 0 Å². The number of nitrogens with one attached hydrogen (secondary N) is 2. The van der Waals surface area contributed by atoms with Gasteiger partial charge >= 0.3 is 0 Å². The molecule has 0 saturated carbocycles. The Bertz CT molecular complexity index is 906. The lowest BCUT2D eigenvalue weighted by molar-refractivity contribution is 0.309. The van der Waals surface area contributed by atoms with Gasteiger partial charge in [0.1, 0.15) is 0 Å². The highest BCUT2D eigenvalue weighted by atomic mass is 16.1. The van der Waals surface area contributed by atoms with Gasteiger partial charge in [0.2, 0.25) is 5.95 Å². The van der Waals surface area contributed by atoms with Crippen molar-refractivity contribution < 1.29 is 0 Å². The molecule has 1 aliphatic heterocycles. The van der Waals surface area contributed by atoms with Crippen LogP contribution in [-0.2, 0) is 0 Å². The van der Waals surface area contributed by atoms with Crippen LogP contribution in [0, 0.1) is 0 Å². The zero-order valence-electron chi connectivity index (χ0n) is 13.6. The zero-order chi connectivity index (χ0) is 16.5. The van der Waals surface area contributed by atoms with Gasteiger partial charge in [0, 0.05) is 12.6 Å². The molecule has 4 rings (SSSR count). The maximum Gasteiger partial charge on any atom is 0.260 e. The third-order valence-electron chi connectivity index (χ3n) is 4.72. The van der Waals surface area contributed by atoms with Crippen LogP contribution >= 0.6 is 0 Å². The minimum absolute atomic E-state index is 0.106. The van der Waals surface area contributed by atoms with Crippen molar-refractivity contribution in [2.24, 2.45) is 0 Å². The fraction of sp³-hybridized carbons (Fsp3) is 0.263. The lowest BCUT2D eigenvalue weighted by Gasteiger charge is -2.26. The molecule has 2 unspecified atom stereocenters. The minimum Gasteiger partial charge on any atom is -0.351 e. The third kappa shape index (κ3) is 2.67. The highest BCUT2D eigenvalue weighted by Gasteiger charge is 2.33. The first-order valence-corrected chi connectivity index (χ1v) is 8.23. The highest BCUT2D eigenvalue weighted by Crippen LogP contribution is 2.32. The molecule has 24 heavy (non-hydrogen) atoms. The van der Waals surface area contributed by atoms with Crippen molar-refractivity contribution in [3.05, 3.63) is 70.5 Å². The Morgan fingerprint density at radius 3 is 2.71 bits per heavy atom.